The van der Waals surface area contributed by atoms with Gasteiger partial charge in [0.05, 0.1) is 0 Å². The van der Waals surface area contributed by atoms with Crippen molar-refractivity contribution in [2.75, 3.05) is 5.32 Å². The highest BCUT2D eigenvalue weighted by Gasteiger charge is 2.35. The number of anilines is 1. The summed E-state index contributed by atoms with van der Waals surface area (Å²) in [7, 11) is 0. The van der Waals surface area contributed by atoms with Gasteiger partial charge < -0.3 is 10.4 Å². The van der Waals surface area contributed by atoms with Gasteiger partial charge in [-0.25, -0.2) is 14.8 Å². The lowest BCUT2D eigenvalue weighted by Gasteiger charge is -2.28. The van der Waals surface area contributed by atoms with Gasteiger partial charge in [-0.15, -0.1) is 0 Å². The molecule has 0 saturated carbocycles. The fourth-order valence-corrected chi connectivity index (χ4v) is 1.94. The summed E-state index contributed by atoms with van der Waals surface area (Å²) in [5, 5.41) is 12.4. The molecule has 0 bridgehead atoms. The molecule has 0 aliphatic rings. The van der Waals surface area contributed by atoms with E-state index in [1.165, 1.54) is 0 Å². The van der Waals surface area contributed by atoms with Crippen molar-refractivity contribution in [1.82, 2.24) is 9.97 Å². The quantitative estimate of drug-likeness (QED) is 0.827. The maximum absolute atomic E-state index is 11.5. The Morgan fingerprint density at radius 1 is 1.37 bits per heavy atom. The van der Waals surface area contributed by atoms with E-state index in [-0.39, 0.29) is 5.92 Å². The Hall–Kier alpha value is -1.65. The van der Waals surface area contributed by atoms with Gasteiger partial charge >= 0.3 is 5.97 Å². The zero-order chi connectivity index (χ0) is 14.6. The Bertz CT molecular complexity index is 454. The van der Waals surface area contributed by atoms with Crippen molar-refractivity contribution in [2.45, 2.75) is 58.9 Å². The number of rotatable bonds is 6. The van der Waals surface area contributed by atoms with Crippen LogP contribution in [-0.4, -0.2) is 26.6 Å². The number of hydrogen-bond acceptors (Lipinski definition) is 4. The minimum absolute atomic E-state index is 0.282. The lowest BCUT2D eigenvalue weighted by Crippen LogP contribution is -2.45. The van der Waals surface area contributed by atoms with E-state index in [9.17, 15) is 9.90 Å². The second-order valence-electron chi connectivity index (χ2n) is 5.13. The van der Waals surface area contributed by atoms with E-state index in [0.717, 1.165) is 11.4 Å². The molecule has 1 aromatic heterocycles. The minimum Gasteiger partial charge on any atom is -0.480 e. The highest BCUT2D eigenvalue weighted by Crippen LogP contribution is 2.22. The van der Waals surface area contributed by atoms with Crippen LogP contribution in [0.4, 0.5) is 5.95 Å². The molecule has 1 rings (SSSR count). The highest BCUT2D eigenvalue weighted by molar-refractivity contribution is 5.82. The standard InChI is InChI=1S/C14H23N3O2/c1-6-14(7-2,12(18)19)17-13-15-10(5)8-11(16-13)9(3)4/h8-9H,6-7H2,1-5H3,(H,18,19)(H,15,16,17). The molecule has 0 aliphatic carbocycles. The minimum atomic E-state index is -0.998. The van der Waals surface area contributed by atoms with Crippen LogP contribution >= 0.6 is 0 Å². The summed E-state index contributed by atoms with van der Waals surface area (Å²) in [5.74, 6) is -0.187. The summed E-state index contributed by atoms with van der Waals surface area (Å²) >= 11 is 0. The molecule has 106 valence electrons. The summed E-state index contributed by atoms with van der Waals surface area (Å²) in [6.45, 7) is 9.69. The smallest absolute Gasteiger partial charge is 0.329 e. The summed E-state index contributed by atoms with van der Waals surface area (Å²) in [5.41, 5.74) is 0.761. The molecule has 0 aliphatic heterocycles. The Morgan fingerprint density at radius 2 is 1.95 bits per heavy atom. The van der Waals surface area contributed by atoms with Crippen LogP contribution in [0.5, 0.6) is 0 Å². The Morgan fingerprint density at radius 3 is 2.37 bits per heavy atom. The Labute approximate surface area is 114 Å². The fourth-order valence-electron chi connectivity index (χ4n) is 1.94. The molecule has 0 aromatic carbocycles. The average Bonchev–Trinajstić information content (AvgIpc) is 2.35. The summed E-state index contributed by atoms with van der Waals surface area (Å²) in [4.78, 5) is 20.2. The van der Waals surface area contributed by atoms with Gasteiger partial charge in [0.15, 0.2) is 0 Å². The Kier molecular flexibility index (Phi) is 4.86. The maximum atomic E-state index is 11.5. The van der Waals surface area contributed by atoms with Crippen molar-refractivity contribution in [3.8, 4) is 0 Å². The third-order valence-electron chi connectivity index (χ3n) is 3.43. The van der Waals surface area contributed by atoms with Crippen molar-refractivity contribution in [2.24, 2.45) is 0 Å². The molecule has 1 heterocycles. The van der Waals surface area contributed by atoms with E-state index in [1.807, 2.05) is 26.8 Å². The monoisotopic (exact) mass is 265 g/mol. The van der Waals surface area contributed by atoms with Gasteiger partial charge in [0, 0.05) is 11.4 Å². The van der Waals surface area contributed by atoms with E-state index in [2.05, 4.69) is 29.1 Å². The normalized spacial score (nSPS) is 11.7. The molecule has 5 heteroatoms. The van der Waals surface area contributed by atoms with Crippen LogP contribution in [-0.2, 0) is 4.79 Å². The SMILES string of the molecule is CCC(CC)(Nc1nc(C)cc(C(C)C)n1)C(=O)O. The molecular weight excluding hydrogens is 242 g/mol. The summed E-state index contributed by atoms with van der Waals surface area (Å²) in [6.07, 6.45) is 0.959. The second-order valence-corrected chi connectivity index (χ2v) is 5.13. The fraction of sp³-hybridized carbons (Fsp3) is 0.643. The Balaban J connectivity index is 3.13. The predicted molar refractivity (Wildman–Crippen MR) is 75.4 cm³/mol. The summed E-state index contributed by atoms with van der Waals surface area (Å²) in [6, 6.07) is 1.93. The number of aryl methyl sites for hydroxylation is 1. The molecular formula is C14H23N3O2. The first-order valence-electron chi connectivity index (χ1n) is 6.71. The first-order valence-corrected chi connectivity index (χ1v) is 6.71. The number of hydrogen-bond donors (Lipinski definition) is 2. The van der Waals surface area contributed by atoms with Crippen LogP contribution in [0.15, 0.2) is 6.07 Å². The van der Waals surface area contributed by atoms with Gasteiger partial charge in [0.25, 0.3) is 0 Å². The molecule has 0 unspecified atom stereocenters. The molecule has 19 heavy (non-hydrogen) atoms. The van der Waals surface area contributed by atoms with Crippen molar-refractivity contribution in [1.29, 1.82) is 0 Å². The number of carbonyl (C=O) groups is 1. The second kappa shape index (κ2) is 5.99. The van der Waals surface area contributed by atoms with Gasteiger partial charge in [-0.1, -0.05) is 27.7 Å². The van der Waals surface area contributed by atoms with Crippen LogP contribution in [0.25, 0.3) is 0 Å². The lowest BCUT2D eigenvalue weighted by molar-refractivity contribution is -0.142. The maximum Gasteiger partial charge on any atom is 0.329 e. The van der Waals surface area contributed by atoms with E-state index in [1.54, 1.807) is 0 Å². The van der Waals surface area contributed by atoms with E-state index < -0.39 is 11.5 Å². The molecule has 0 saturated heterocycles. The van der Waals surface area contributed by atoms with Gasteiger partial charge in [-0.3, -0.25) is 0 Å². The van der Waals surface area contributed by atoms with Gasteiger partial charge in [0.2, 0.25) is 5.95 Å². The predicted octanol–water partition coefficient (Wildman–Crippen LogP) is 2.96. The molecule has 1 aromatic rings. The van der Waals surface area contributed by atoms with Crippen LogP contribution in [0.1, 0.15) is 57.8 Å². The molecule has 5 nitrogen and oxygen atoms in total. The zero-order valence-corrected chi connectivity index (χ0v) is 12.3. The third-order valence-corrected chi connectivity index (χ3v) is 3.43. The molecule has 0 spiro atoms. The van der Waals surface area contributed by atoms with Crippen LogP contribution in [0.3, 0.4) is 0 Å². The van der Waals surface area contributed by atoms with Crippen LogP contribution < -0.4 is 5.32 Å². The number of aliphatic carboxylic acids is 1. The van der Waals surface area contributed by atoms with Crippen molar-refractivity contribution < 1.29 is 9.90 Å². The molecule has 0 atom stereocenters. The third kappa shape index (κ3) is 3.43. The number of aromatic nitrogens is 2. The molecule has 2 N–H and O–H groups in total. The van der Waals surface area contributed by atoms with Crippen molar-refractivity contribution in [3.05, 3.63) is 17.5 Å². The number of carboxylic acids is 1. The molecule has 0 fully saturated rings. The topological polar surface area (TPSA) is 75.1 Å². The number of nitrogens with one attached hydrogen (secondary N) is 1. The zero-order valence-electron chi connectivity index (χ0n) is 12.3. The van der Waals surface area contributed by atoms with Gasteiger partial charge in [0.1, 0.15) is 5.54 Å². The first kappa shape index (κ1) is 15.4. The van der Waals surface area contributed by atoms with E-state index in [4.69, 9.17) is 0 Å². The van der Waals surface area contributed by atoms with Gasteiger partial charge in [-0.05, 0) is 31.7 Å². The first-order chi connectivity index (χ1) is 8.84. The van der Waals surface area contributed by atoms with E-state index in [0.29, 0.717) is 18.8 Å². The average molecular weight is 265 g/mol. The van der Waals surface area contributed by atoms with Crippen LogP contribution in [0, 0.1) is 6.92 Å². The number of carboxylic acid groups (broad SMARTS) is 1. The van der Waals surface area contributed by atoms with Crippen molar-refractivity contribution in [3.63, 3.8) is 0 Å². The highest BCUT2D eigenvalue weighted by atomic mass is 16.4. The molecule has 0 amide bonds. The molecule has 0 radical (unpaired) electrons. The van der Waals surface area contributed by atoms with Gasteiger partial charge in [-0.2, -0.15) is 0 Å². The summed E-state index contributed by atoms with van der Waals surface area (Å²) < 4.78 is 0. The van der Waals surface area contributed by atoms with Crippen LogP contribution in [0.2, 0.25) is 0 Å². The lowest BCUT2D eigenvalue weighted by atomic mass is 9.93. The van der Waals surface area contributed by atoms with E-state index >= 15 is 0 Å². The number of nitrogens with zero attached hydrogens (tertiary/aromatic N) is 2. The van der Waals surface area contributed by atoms with Crippen molar-refractivity contribution >= 4 is 11.9 Å². The largest absolute Gasteiger partial charge is 0.480 e.